The zero-order valence-corrected chi connectivity index (χ0v) is 20.4. The van der Waals surface area contributed by atoms with Gasteiger partial charge in [-0.1, -0.05) is 41.0 Å². The summed E-state index contributed by atoms with van der Waals surface area (Å²) in [6.45, 7) is 14.5. The molecule has 0 radical (unpaired) electrons. The summed E-state index contributed by atoms with van der Waals surface area (Å²) >= 11 is 0. The van der Waals surface area contributed by atoms with Gasteiger partial charge in [0.25, 0.3) is 0 Å². The lowest BCUT2D eigenvalue weighted by atomic mass is 9.33. The second kappa shape index (κ2) is 7.30. The van der Waals surface area contributed by atoms with Gasteiger partial charge in [-0.15, -0.1) is 0 Å². The van der Waals surface area contributed by atoms with Crippen LogP contribution in [0.3, 0.4) is 0 Å². The highest BCUT2D eigenvalue weighted by molar-refractivity contribution is 5.54. The van der Waals surface area contributed by atoms with Crippen molar-refractivity contribution in [2.75, 3.05) is 0 Å². The molecule has 0 spiro atoms. The normalized spacial score (nSPS) is 56.9. The third-order valence-corrected chi connectivity index (χ3v) is 12.1. The first-order chi connectivity index (χ1) is 14.0. The Morgan fingerprint density at radius 2 is 1.63 bits per heavy atom. The number of carbonyl (C=O) groups excluding carboxylic acids is 1. The predicted octanol–water partition coefficient (Wildman–Crippen LogP) is 5.58. The fourth-order valence-electron chi connectivity index (χ4n) is 9.99. The molecule has 3 nitrogen and oxygen atoms in total. The fourth-order valence-corrected chi connectivity index (χ4v) is 9.99. The van der Waals surface area contributed by atoms with Crippen molar-refractivity contribution in [1.82, 2.24) is 0 Å². The molecule has 11 atom stereocenters. The van der Waals surface area contributed by atoms with E-state index in [4.69, 9.17) is 5.73 Å². The monoisotopic (exact) mass is 417 g/mol. The maximum absolute atomic E-state index is 12.0. The molecule has 30 heavy (non-hydrogen) atoms. The number of nitrogens with two attached hydrogens (primary N) is 1. The molecule has 0 aliphatic heterocycles. The van der Waals surface area contributed by atoms with Gasteiger partial charge in [-0.2, -0.15) is 0 Å². The summed E-state index contributed by atoms with van der Waals surface area (Å²) < 4.78 is 0. The van der Waals surface area contributed by atoms with Gasteiger partial charge in [-0.25, -0.2) is 0 Å². The average molecular weight is 418 g/mol. The molecule has 0 aromatic rings. The van der Waals surface area contributed by atoms with Crippen molar-refractivity contribution in [3.63, 3.8) is 0 Å². The van der Waals surface area contributed by atoms with Gasteiger partial charge in [0, 0.05) is 11.5 Å². The van der Waals surface area contributed by atoms with E-state index in [9.17, 15) is 9.90 Å². The topological polar surface area (TPSA) is 63.3 Å². The molecule has 3 heteroatoms. The van der Waals surface area contributed by atoms with Crippen LogP contribution in [-0.2, 0) is 4.79 Å². The molecule has 4 rings (SSSR count). The molecule has 0 saturated heterocycles. The molecule has 0 heterocycles. The Kier molecular flexibility index (Phi) is 5.54. The molecule has 3 N–H and O–H groups in total. The number of aliphatic hydroxyl groups is 1. The highest BCUT2D eigenvalue weighted by atomic mass is 16.3. The number of aldehydes is 1. The number of rotatable bonds is 3. The number of hydrogen-bond donors (Lipinski definition) is 2. The van der Waals surface area contributed by atoms with E-state index in [0.29, 0.717) is 40.4 Å². The van der Waals surface area contributed by atoms with Crippen LogP contribution < -0.4 is 5.73 Å². The van der Waals surface area contributed by atoms with Gasteiger partial charge < -0.3 is 15.6 Å². The van der Waals surface area contributed by atoms with Crippen LogP contribution in [0.15, 0.2) is 0 Å². The van der Waals surface area contributed by atoms with Crippen LogP contribution in [-0.4, -0.2) is 23.0 Å². The van der Waals surface area contributed by atoms with Crippen molar-refractivity contribution >= 4 is 6.29 Å². The average Bonchev–Trinajstić information content (AvgIpc) is 2.70. The van der Waals surface area contributed by atoms with Crippen LogP contribution in [0.25, 0.3) is 0 Å². The molecule has 4 aliphatic rings. The summed E-state index contributed by atoms with van der Waals surface area (Å²) in [5.41, 5.74) is 7.17. The van der Waals surface area contributed by atoms with Gasteiger partial charge in [-0.05, 0) is 104 Å². The summed E-state index contributed by atoms with van der Waals surface area (Å²) in [5, 5.41) is 10.7. The summed E-state index contributed by atoms with van der Waals surface area (Å²) in [4.78, 5) is 12.0. The van der Waals surface area contributed by atoms with Crippen LogP contribution >= 0.6 is 0 Å². The standard InChI is InChI=1S/C27H47NO2/c1-7-17(2)23-18(16-29)10-14-25(4)19(23)8-9-20-24(3)13-12-22(30)27(6,28)21(24)11-15-26(20,25)5/h16-23,30H,7-15,28H2,1-6H3/t17?,18-,19?,20?,21?,22+,23+,24?,25-,26-,27-/m1/s1. The Balaban J connectivity index is 1.73. The summed E-state index contributed by atoms with van der Waals surface area (Å²) in [6, 6.07) is 0. The van der Waals surface area contributed by atoms with Crippen molar-refractivity contribution < 1.29 is 9.90 Å². The number of fused-ring (bicyclic) bond motifs is 5. The molecule has 4 aliphatic carbocycles. The van der Waals surface area contributed by atoms with E-state index < -0.39 is 5.54 Å². The molecular formula is C27H47NO2. The second-order valence-electron chi connectivity index (χ2n) is 12.9. The van der Waals surface area contributed by atoms with Crippen molar-refractivity contribution in [3.8, 4) is 0 Å². The van der Waals surface area contributed by atoms with Gasteiger partial charge in [0.05, 0.1) is 6.10 Å². The minimum Gasteiger partial charge on any atom is -0.391 e. The third kappa shape index (κ3) is 2.79. The Morgan fingerprint density at radius 1 is 0.967 bits per heavy atom. The van der Waals surface area contributed by atoms with Crippen LogP contribution in [0.2, 0.25) is 0 Å². The van der Waals surface area contributed by atoms with Crippen LogP contribution in [0.4, 0.5) is 0 Å². The van der Waals surface area contributed by atoms with E-state index in [2.05, 4.69) is 41.5 Å². The minimum atomic E-state index is -0.472. The first-order valence-corrected chi connectivity index (χ1v) is 12.9. The van der Waals surface area contributed by atoms with E-state index in [1.807, 2.05) is 0 Å². The van der Waals surface area contributed by atoms with E-state index in [-0.39, 0.29) is 17.4 Å². The zero-order valence-electron chi connectivity index (χ0n) is 20.4. The predicted molar refractivity (Wildman–Crippen MR) is 123 cm³/mol. The lowest BCUT2D eigenvalue weighted by molar-refractivity contribution is -0.232. The molecule has 0 bridgehead atoms. The van der Waals surface area contributed by atoms with Gasteiger partial charge in [0.2, 0.25) is 0 Å². The first kappa shape index (κ1) is 22.8. The maximum atomic E-state index is 12.0. The van der Waals surface area contributed by atoms with Gasteiger partial charge >= 0.3 is 0 Å². The molecule has 4 fully saturated rings. The van der Waals surface area contributed by atoms with Gasteiger partial charge in [0.1, 0.15) is 6.29 Å². The van der Waals surface area contributed by atoms with E-state index in [1.165, 1.54) is 38.4 Å². The van der Waals surface area contributed by atoms with E-state index in [1.54, 1.807) is 0 Å². The van der Waals surface area contributed by atoms with Crippen LogP contribution in [0.5, 0.6) is 0 Å². The van der Waals surface area contributed by atoms with Crippen LogP contribution in [0.1, 0.15) is 99.3 Å². The fraction of sp³-hybridized carbons (Fsp3) is 0.963. The molecule has 0 aromatic carbocycles. The molecular weight excluding hydrogens is 370 g/mol. The number of hydrogen-bond acceptors (Lipinski definition) is 3. The second-order valence-corrected chi connectivity index (χ2v) is 12.9. The van der Waals surface area contributed by atoms with Crippen molar-refractivity contribution in [2.45, 2.75) is 111 Å². The van der Waals surface area contributed by atoms with Gasteiger partial charge in [-0.3, -0.25) is 0 Å². The highest BCUT2D eigenvalue weighted by Gasteiger charge is 2.68. The Morgan fingerprint density at radius 3 is 2.27 bits per heavy atom. The smallest absolute Gasteiger partial charge is 0.123 e. The first-order valence-electron chi connectivity index (χ1n) is 12.9. The molecule has 5 unspecified atom stereocenters. The van der Waals surface area contributed by atoms with Crippen molar-refractivity contribution in [1.29, 1.82) is 0 Å². The lowest BCUT2D eigenvalue weighted by Crippen LogP contribution is -2.70. The Bertz CT molecular complexity index is 676. The van der Waals surface area contributed by atoms with Crippen molar-refractivity contribution in [2.24, 2.45) is 57.5 Å². The van der Waals surface area contributed by atoms with Crippen LogP contribution in [0, 0.1) is 51.8 Å². The molecule has 4 saturated carbocycles. The third-order valence-electron chi connectivity index (χ3n) is 12.1. The Hall–Kier alpha value is -0.410. The Labute approximate surface area is 185 Å². The maximum Gasteiger partial charge on any atom is 0.123 e. The van der Waals surface area contributed by atoms with E-state index in [0.717, 1.165) is 25.7 Å². The summed E-state index contributed by atoms with van der Waals surface area (Å²) in [7, 11) is 0. The number of carbonyl (C=O) groups is 1. The molecule has 0 aromatic heterocycles. The summed E-state index contributed by atoms with van der Waals surface area (Å²) in [6.07, 6.45) is 11.2. The quantitative estimate of drug-likeness (QED) is 0.589. The molecule has 0 amide bonds. The highest BCUT2D eigenvalue weighted by Crippen LogP contribution is 2.74. The molecule has 172 valence electrons. The zero-order chi connectivity index (χ0) is 22.1. The van der Waals surface area contributed by atoms with Gasteiger partial charge in [0.15, 0.2) is 0 Å². The minimum absolute atomic E-state index is 0.219. The van der Waals surface area contributed by atoms with E-state index >= 15 is 0 Å². The SMILES string of the molecule is CCC(C)[C@@H]1C2CCC3C4(C)CC[C@H](O)[C@](C)(N)C4CC[C@@]3(C)[C@]2(C)CC[C@@H]1C=O. The van der Waals surface area contributed by atoms with Crippen molar-refractivity contribution in [3.05, 3.63) is 0 Å². The number of aliphatic hydroxyl groups excluding tert-OH is 1. The summed E-state index contributed by atoms with van der Waals surface area (Å²) in [5.74, 6) is 3.16. The largest absolute Gasteiger partial charge is 0.391 e. The lowest BCUT2D eigenvalue weighted by Gasteiger charge is -2.72.